The Hall–Kier alpha value is -2.89. The van der Waals surface area contributed by atoms with Crippen molar-refractivity contribution in [2.24, 2.45) is 0 Å². The second kappa shape index (κ2) is 4.34. The molecule has 100 valence electrons. The van der Waals surface area contributed by atoms with E-state index in [1.54, 1.807) is 28.8 Å². The number of nitrogens with zero attached hydrogens (tertiary/aromatic N) is 3. The summed E-state index contributed by atoms with van der Waals surface area (Å²) in [6.07, 6.45) is 1.79. The molecule has 0 atom stereocenters. The van der Waals surface area contributed by atoms with Gasteiger partial charge in [0.05, 0.1) is 10.5 Å². The lowest BCUT2D eigenvalue weighted by atomic mass is 10.1. The van der Waals surface area contributed by atoms with Gasteiger partial charge >= 0.3 is 0 Å². The van der Waals surface area contributed by atoms with Crippen molar-refractivity contribution >= 4 is 17.2 Å². The number of rotatable bonds is 2. The summed E-state index contributed by atoms with van der Waals surface area (Å²) in [7, 11) is 0. The van der Waals surface area contributed by atoms with Crippen LogP contribution in [0, 0.1) is 17.0 Å². The molecule has 6 nitrogen and oxygen atoms in total. The summed E-state index contributed by atoms with van der Waals surface area (Å²) in [4.78, 5) is 15.2. The Morgan fingerprint density at radius 3 is 2.70 bits per heavy atom. The average molecular weight is 268 g/mol. The molecular weight excluding hydrogens is 256 g/mol. The van der Waals surface area contributed by atoms with Crippen molar-refractivity contribution in [3.05, 3.63) is 58.3 Å². The summed E-state index contributed by atoms with van der Waals surface area (Å²) in [6.45, 7) is 1.92. The predicted molar refractivity (Wildman–Crippen MR) is 76.4 cm³/mol. The third-order valence-corrected chi connectivity index (χ3v) is 3.24. The van der Waals surface area contributed by atoms with Gasteiger partial charge in [-0.3, -0.25) is 14.5 Å². The largest absolute Gasteiger partial charge is 0.383 e. The van der Waals surface area contributed by atoms with Crippen molar-refractivity contribution in [2.75, 3.05) is 5.73 Å². The Kier molecular flexibility index (Phi) is 2.64. The number of anilines is 1. The molecular formula is C14H12N4O2. The maximum atomic E-state index is 11.1. The van der Waals surface area contributed by atoms with E-state index in [1.807, 2.05) is 19.1 Å². The van der Waals surface area contributed by atoms with Crippen LogP contribution >= 0.6 is 0 Å². The molecule has 0 aliphatic heterocycles. The fourth-order valence-electron chi connectivity index (χ4n) is 2.25. The van der Waals surface area contributed by atoms with Crippen LogP contribution < -0.4 is 5.73 Å². The smallest absolute Gasteiger partial charge is 0.278 e. The molecule has 0 radical (unpaired) electrons. The van der Waals surface area contributed by atoms with Gasteiger partial charge in [-0.2, -0.15) is 0 Å². The summed E-state index contributed by atoms with van der Waals surface area (Å²) in [5, 5.41) is 11.1. The van der Waals surface area contributed by atoms with Crippen molar-refractivity contribution < 1.29 is 4.92 Å². The van der Waals surface area contributed by atoms with Crippen LogP contribution in [-0.4, -0.2) is 14.3 Å². The molecule has 2 N–H and O–H groups in total. The Morgan fingerprint density at radius 2 is 2.00 bits per heavy atom. The van der Waals surface area contributed by atoms with Gasteiger partial charge < -0.3 is 5.73 Å². The van der Waals surface area contributed by atoms with Crippen LogP contribution in [0.4, 0.5) is 11.5 Å². The minimum Gasteiger partial charge on any atom is -0.383 e. The lowest BCUT2D eigenvalue weighted by Crippen LogP contribution is -1.96. The fourth-order valence-corrected chi connectivity index (χ4v) is 2.25. The number of hydrogen-bond acceptors (Lipinski definition) is 4. The number of nitrogens with two attached hydrogens (primary N) is 1. The molecule has 20 heavy (non-hydrogen) atoms. The van der Waals surface area contributed by atoms with Gasteiger partial charge in [0.25, 0.3) is 5.69 Å². The number of fused-ring (bicyclic) bond motifs is 1. The molecule has 2 aromatic heterocycles. The molecule has 0 aliphatic carbocycles. The third kappa shape index (κ3) is 1.70. The van der Waals surface area contributed by atoms with Gasteiger partial charge in [-0.05, 0) is 24.6 Å². The molecule has 0 fully saturated rings. The SMILES string of the molecule is Cc1cccn2c(N)c(-c3ccccc3[N+](=O)[O-])nc12. The summed E-state index contributed by atoms with van der Waals surface area (Å²) in [5.74, 6) is 0.401. The van der Waals surface area contributed by atoms with Crippen molar-refractivity contribution in [1.29, 1.82) is 0 Å². The predicted octanol–water partition coefficient (Wildman–Crippen LogP) is 2.80. The van der Waals surface area contributed by atoms with E-state index in [4.69, 9.17) is 5.73 Å². The first-order valence-corrected chi connectivity index (χ1v) is 6.06. The standard InChI is InChI=1S/C14H12N4O2/c1-9-5-4-8-17-13(15)12(16-14(9)17)10-6-2-3-7-11(10)18(19)20/h2-8H,15H2,1H3. The summed E-state index contributed by atoms with van der Waals surface area (Å²) >= 11 is 0. The lowest BCUT2D eigenvalue weighted by molar-refractivity contribution is -0.384. The molecule has 0 bridgehead atoms. The molecule has 2 heterocycles. The van der Waals surface area contributed by atoms with E-state index in [0.29, 0.717) is 22.7 Å². The molecule has 0 aliphatic rings. The number of aryl methyl sites for hydroxylation is 1. The fraction of sp³-hybridized carbons (Fsp3) is 0.0714. The number of hydrogen-bond donors (Lipinski definition) is 1. The molecule has 0 unspecified atom stereocenters. The van der Waals surface area contributed by atoms with Crippen molar-refractivity contribution in [3.8, 4) is 11.3 Å². The average Bonchev–Trinajstić information content (AvgIpc) is 2.78. The van der Waals surface area contributed by atoms with Crippen molar-refractivity contribution in [1.82, 2.24) is 9.38 Å². The van der Waals surface area contributed by atoms with Gasteiger partial charge in [-0.1, -0.05) is 18.2 Å². The molecule has 1 aromatic carbocycles. The first-order chi connectivity index (χ1) is 9.59. The Morgan fingerprint density at radius 1 is 1.25 bits per heavy atom. The molecule has 0 saturated carbocycles. The van der Waals surface area contributed by atoms with Gasteiger partial charge in [0.2, 0.25) is 0 Å². The minimum atomic E-state index is -0.425. The Balaban J connectivity index is 2.34. The summed E-state index contributed by atoms with van der Waals surface area (Å²) in [5.41, 5.74) is 8.62. The second-order valence-corrected chi connectivity index (χ2v) is 4.50. The maximum absolute atomic E-state index is 11.1. The zero-order valence-electron chi connectivity index (χ0n) is 10.8. The number of para-hydroxylation sites is 1. The van der Waals surface area contributed by atoms with E-state index in [-0.39, 0.29) is 5.69 Å². The number of aromatic nitrogens is 2. The lowest BCUT2D eigenvalue weighted by Gasteiger charge is -2.01. The Labute approximate surface area is 114 Å². The molecule has 0 saturated heterocycles. The highest BCUT2D eigenvalue weighted by Crippen LogP contribution is 2.33. The van der Waals surface area contributed by atoms with Crippen LogP contribution in [0.5, 0.6) is 0 Å². The first kappa shape index (κ1) is 12.2. The maximum Gasteiger partial charge on any atom is 0.278 e. The van der Waals surface area contributed by atoms with Crippen LogP contribution in [0.2, 0.25) is 0 Å². The number of nitro groups is 1. The van der Waals surface area contributed by atoms with Gasteiger partial charge in [0, 0.05) is 12.3 Å². The minimum absolute atomic E-state index is 0.000240. The van der Waals surface area contributed by atoms with Crippen molar-refractivity contribution in [3.63, 3.8) is 0 Å². The van der Waals surface area contributed by atoms with Crippen LogP contribution in [0.25, 0.3) is 16.9 Å². The monoisotopic (exact) mass is 268 g/mol. The van der Waals surface area contributed by atoms with E-state index in [2.05, 4.69) is 4.98 Å². The molecule has 3 rings (SSSR count). The van der Waals surface area contributed by atoms with Crippen LogP contribution in [-0.2, 0) is 0 Å². The highest BCUT2D eigenvalue weighted by molar-refractivity contribution is 5.81. The topological polar surface area (TPSA) is 86.5 Å². The van der Waals surface area contributed by atoms with E-state index < -0.39 is 4.92 Å². The van der Waals surface area contributed by atoms with Crippen LogP contribution in [0.15, 0.2) is 42.6 Å². The molecule has 0 amide bonds. The first-order valence-electron chi connectivity index (χ1n) is 6.06. The molecule has 6 heteroatoms. The second-order valence-electron chi connectivity index (χ2n) is 4.50. The number of nitrogen functional groups attached to an aromatic ring is 1. The van der Waals surface area contributed by atoms with Gasteiger partial charge in [0.15, 0.2) is 0 Å². The number of benzene rings is 1. The van der Waals surface area contributed by atoms with Crippen LogP contribution in [0.3, 0.4) is 0 Å². The zero-order chi connectivity index (χ0) is 14.3. The van der Waals surface area contributed by atoms with Gasteiger partial charge in [-0.15, -0.1) is 0 Å². The Bertz CT molecular complexity index is 823. The molecule has 3 aromatic rings. The summed E-state index contributed by atoms with van der Waals surface area (Å²) < 4.78 is 1.74. The number of nitro benzene ring substituents is 1. The van der Waals surface area contributed by atoms with Gasteiger partial charge in [0.1, 0.15) is 17.2 Å². The zero-order valence-corrected chi connectivity index (χ0v) is 10.8. The third-order valence-electron chi connectivity index (χ3n) is 3.24. The van der Waals surface area contributed by atoms with E-state index in [9.17, 15) is 10.1 Å². The van der Waals surface area contributed by atoms with Crippen LogP contribution in [0.1, 0.15) is 5.56 Å². The summed E-state index contributed by atoms with van der Waals surface area (Å²) in [6, 6.07) is 10.3. The normalized spacial score (nSPS) is 10.8. The molecule has 0 spiro atoms. The number of pyridine rings is 1. The van der Waals surface area contributed by atoms with E-state index in [1.165, 1.54) is 6.07 Å². The number of imidazole rings is 1. The van der Waals surface area contributed by atoms with E-state index >= 15 is 0 Å². The van der Waals surface area contributed by atoms with Crippen molar-refractivity contribution in [2.45, 2.75) is 6.92 Å². The quantitative estimate of drug-likeness (QED) is 0.572. The van der Waals surface area contributed by atoms with Gasteiger partial charge in [-0.25, -0.2) is 4.98 Å². The van der Waals surface area contributed by atoms with E-state index in [0.717, 1.165) is 5.56 Å². The highest BCUT2D eigenvalue weighted by atomic mass is 16.6. The highest BCUT2D eigenvalue weighted by Gasteiger charge is 2.20.